The van der Waals surface area contributed by atoms with Crippen molar-refractivity contribution in [2.75, 3.05) is 5.32 Å². The number of hydrogen-bond acceptors (Lipinski definition) is 6. The van der Waals surface area contributed by atoms with E-state index in [2.05, 4.69) is 39.3 Å². The van der Waals surface area contributed by atoms with E-state index in [1.54, 1.807) is 16.8 Å². The molecule has 5 aromatic rings. The summed E-state index contributed by atoms with van der Waals surface area (Å²) in [5, 5.41) is 12.3. The smallest absolute Gasteiger partial charge is 0.416 e. The minimum Gasteiger partial charge on any atom is -0.461 e. The summed E-state index contributed by atoms with van der Waals surface area (Å²) in [7, 11) is 0. The number of furan rings is 1. The van der Waals surface area contributed by atoms with Gasteiger partial charge >= 0.3 is 6.18 Å². The number of nitrogens with one attached hydrogen (secondary N) is 1. The molecule has 0 spiro atoms. The van der Waals surface area contributed by atoms with Crippen LogP contribution in [0.4, 0.5) is 19.1 Å². The number of carbonyl (C=O) groups is 1. The van der Waals surface area contributed by atoms with E-state index in [9.17, 15) is 18.0 Å². The second-order valence-electron chi connectivity index (χ2n) is 8.82. The van der Waals surface area contributed by atoms with Crippen molar-refractivity contribution in [3.63, 3.8) is 0 Å². The monoisotopic (exact) mass is 497 g/mol. The highest BCUT2D eigenvalue weighted by molar-refractivity contribution is 5.95. The summed E-state index contributed by atoms with van der Waals surface area (Å²) in [6.07, 6.45) is -0.323. The second-order valence-corrected chi connectivity index (χ2v) is 8.82. The second kappa shape index (κ2) is 9.10. The maximum Gasteiger partial charge on any atom is 0.416 e. The number of halogens is 3. The summed E-state index contributed by atoms with van der Waals surface area (Å²) in [6, 6.07) is 7.87. The topological polar surface area (TPSA) is 103 Å². The average Bonchev–Trinajstić information content (AvgIpc) is 3.56. The van der Waals surface area contributed by atoms with Gasteiger partial charge in [-0.2, -0.15) is 27.8 Å². The van der Waals surface area contributed by atoms with Crippen molar-refractivity contribution in [2.24, 2.45) is 5.92 Å². The molecule has 1 amide bonds. The third-order valence-corrected chi connectivity index (χ3v) is 5.58. The predicted molar refractivity (Wildman–Crippen MR) is 125 cm³/mol. The number of fused-ring (bicyclic) bond motifs is 3. The SMILES string of the molecule is CC(C)CCn1cc2c(nc(NC(=O)Cc3ccc(C(F)(F)F)cc3)n3nc(-c4ccco4)nc23)n1. The maximum atomic E-state index is 12.8. The summed E-state index contributed by atoms with van der Waals surface area (Å²) in [6.45, 7) is 4.94. The third kappa shape index (κ3) is 4.79. The maximum absolute atomic E-state index is 12.8. The van der Waals surface area contributed by atoms with Gasteiger partial charge in [-0.3, -0.25) is 14.8 Å². The summed E-state index contributed by atoms with van der Waals surface area (Å²) < 4.78 is 47.1. The Bertz CT molecular complexity index is 1520. The van der Waals surface area contributed by atoms with Crippen LogP contribution >= 0.6 is 0 Å². The van der Waals surface area contributed by atoms with Crippen LogP contribution in [0.1, 0.15) is 31.4 Å². The molecule has 0 saturated carbocycles. The van der Waals surface area contributed by atoms with E-state index in [-0.39, 0.29) is 12.4 Å². The van der Waals surface area contributed by atoms with Gasteiger partial charge in [-0.25, -0.2) is 4.98 Å². The molecule has 1 N–H and O–H groups in total. The van der Waals surface area contributed by atoms with Gasteiger partial charge in [0.2, 0.25) is 17.7 Å². The third-order valence-electron chi connectivity index (χ3n) is 5.58. The Balaban J connectivity index is 1.48. The first-order chi connectivity index (χ1) is 17.2. The highest BCUT2D eigenvalue weighted by Gasteiger charge is 2.30. The molecule has 0 aliphatic heterocycles. The number of aryl methyl sites for hydroxylation is 1. The van der Waals surface area contributed by atoms with Crippen LogP contribution in [0.25, 0.3) is 28.3 Å². The fraction of sp³-hybridized carbons (Fsp3) is 0.292. The van der Waals surface area contributed by atoms with Crippen LogP contribution in [0.3, 0.4) is 0 Å². The first-order valence-corrected chi connectivity index (χ1v) is 11.3. The predicted octanol–water partition coefficient (Wildman–Crippen LogP) is 4.98. The molecule has 0 fully saturated rings. The minimum absolute atomic E-state index is 0.0915. The van der Waals surface area contributed by atoms with Crippen molar-refractivity contribution in [2.45, 2.75) is 39.4 Å². The lowest BCUT2D eigenvalue weighted by Gasteiger charge is -2.08. The molecule has 186 valence electrons. The number of nitrogens with zero attached hydrogens (tertiary/aromatic N) is 6. The quantitative estimate of drug-likeness (QED) is 0.340. The molecule has 9 nitrogen and oxygen atoms in total. The van der Waals surface area contributed by atoms with Crippen molar-refractivity contribution in [3.8, 4) is 11.6 Å². The lowest BCUT2D eigenvalue weighted by molar-refractivity contribution is -0.137. The number of alkyl halides is 3. The number of benzene rings is 1. The van der Waals surface area contributed by atoms with Crippen LogP contribution in [-0.4, -0.2) is 35.3 Å². The minimum atomic E-state index is -4.44. The standard InChI is InChI=1S/C24H22F3N7O2/c1-14(2)9-10-33-13-17-20(31-33)30-23(34-22(17)29-21(32-34)18-4-3-11-36-18)28-19(35)12-15-5-7-16(8-6-15)24(25,26)27/h3-8,11,13-14H,9-10,12H2,1-2H3,(H,28,30,31,35). The number of amides is 1. The number of aromatic nitrogens is 6. The van der Waals surface area contributed by atoms with E-state index >= 15 is 0 Å². The first-order valence-electron chi connectivity index (χ1n) is 11.3. The summed E-state index contributed by atoms with van der Waals surface area (Å²) >= 11 is 0. The van der Waals surface area contributed by atoms with Crippen LogP contribution in [0.2, 0.25) is 0 Å². The zero-order valence-electron chi connectivity index (χ0n) is 19.5. The van der Waals surface area contributed by atoms with Gasteiger partial charge in [0.15, 0.2) is 17.1 Å². The highest BCUT2D eigenvalue weighted by Crippen LogP contribution is 2.29. The molecule has 4 aromatic heterocycles. The fourth-order valence-corrected chi connectivity index (χ4v) is 3.70. The average molecular weight is 497 g/mol. The molecular weight excluding hydrogens is 475 g/mol. The molecule has 36 heavy (non-hydrogen) atoms. The molecule has 0 unspecified atom stereocenters. The van der Waals surface area contributed by atoms with E-state index in [1.807, 2.05) is 6.20 Å². The summed E-state index contributed by atoms with van der Waals surface area (Å²) in [5.74, 6) is 0.860. The molecule has 5 rings (SSSR count). The molecule has 0 saturated heterocycles. The summed E-state index contributed by atoms with van der Waals surface area (Å²) in [5.41, 5.74) is 0.466. The van der Waals surface area contributed by atoms with Crippen LogP contribution < -0.4 is 5.32 Å². The Morgan fingerprint density at radius 1 is 1.11 bits per heavy atom. The molecule has 4 heterocycles. The molecular formula is C24H22F3N7O2. The number of rotatable bonds is 7. The van der Waals surface area contributed by atoms with Gasteiger partial charge in [-0.1, -0.05) is 26.0 Å². The number of anilines is 1. The fourth-order valence-electron chi connectivity index (χ4n) is 3.70. The molecule has 0 bridgehead atoms. The molecule has 0 aliphatic rings. The molecule has 1 aromatic carbocycles. The van der Waals surface area contributed by atoms with Crippen molar-refractivity contribution < 1.29 is 22.4 Å². The highest BCUT2D eigenvalue weighted by atomic mass is 19.4. The number of carbonyl (C=O) groups excluding carboxylic acids is 1. The Kier molecular flexibility index (Phi) is 5.94. The molecule has 0 aliphatic carbocycles. The summed E-state index contributed by atoms with van der Waals surface area (Å²) in [4.78, 5) is 21.9. The first kappa shape index (κ1) is 23.5. The van der Waals surface area contributed by atoms with Crippen molar-refractivity contribution in [1.29, 1.82) is 0 Å². The van der Waals surface area contributed by atoms with Crippen molar-refractivity contribution in [1.82, 2.24) is 29.4 Å². The van der Waals surface area contributed by atoms with Gasteiger partial charge in [-0.05, 0) is 42.2 Å². The molecule has 12 heteroatoms. The number of hydrogen-bond donors (Lipinski definition) is 1. The Morgan fingerprint density at radius 3 is 2.56 bits per heavy atom. The van der Waals surface area contributed by atoms with Gasteiger partial charge < -0.3 is 4.42 Å². The zero-order valence-corrected chi connectivity index (χ0v) is 19.5. The van der Waals surface area contributed by atoms with E-state index in [0.717, 1.165) is 18.6 Å². The molecule has 0 atom stereocenters. The van der Waals surface area contributed by atoms with Crippen LogP contribution in [-0.2, 0) is 23.9 Å². The van der Waals surface area contributed by atoms with Crippen molar-refractivity contribution >= 4 is 28.5 Å². The van der Waals surface area contributed by atoms with E-state index in [1.165, 1.54) is 22.9 Å². The van der Waals surface area contributed by atoms with Gasteiger partial charge in [0, 0.05) is 12.7 Å². The zero-order chi connectivity index (χ0) is 25.4. The van der Waals surface area contributed by atoms with Gasteiger partial charge in [0.05, 0.1) is 23.6 Å². The van der Waals surface area contributed by atoms with Gasteiger partial charge in [0.1, 0.15) is 0 Å². The Hall–Kier alpha value is -4.22. The lowest BCUT2D eigenvalue weighted by atomic mass is 10.1. The van der Waals surface area contributed by atoms with E-state index in [0.29, 0.717) is 46.3 Å². The lowest BCUT2D eigenvalue weighted by Crippen LogP contribution is -2.18. The normalized spacial score (nSPS) is 12.2. The largest absolute Gasteiger partial charge is 0.461 e. The van der Waals surface area contributed by atoms with Crippen LogP contribution in [0, 0.1) is 5.92 Å². The van der Waals surface area contributed by atoms with Crippen LogP contribution in [0.5, 0.6) is 0 Å². The van der Waals surface area contributed by atoms with Crippen molar-refractivity contribution in [3.05, 3.63) is 60.0 Å². The van der Waals surface area contributed by atoms with Gasteiger partial charge in [-0.15, -0.1) is 5.10 Å². The molecule has 0 radical (unpaired) electrons. The van der Waals surface area contributed by atoms with Crippen LogP contribution in [0.15, 0.2) is 53.3 Å². The Labute approximate surface area is 203 Å². The van der Waals surface area contributed by atoms with E-state index in [4.69, 9.17) is 4.42 Å². The van der Waals surface area contributed by atoms with E-state index < -0.39 is 17.6 Å². The Morgan fingerprint density at radius 2 is 1.89 bits per heavy atom. The van der Waals surface area contributed by atoms with Gasteiger partial charge in [0.25, 0.3) is 0 Å².